The number of fused-ring (bicyclic) bond motifs is 1. The van der Waals surface area contributed by atoms with E-state index >= 15 is 0 Å². The van der Waals surface area contributed by atoms with Crippen LogP contribution in [0.15, 0.2) is 133 Å². The Kier molecular flexibility index (Phi) is 10.7. The smallest absolute Gasteiger partial charge is 0.00253 e. The molecule has 3 rings (SSSR count). The van der Waals surface area contributed by atoms with Gasteiger partial charge in [-0.25, -0.2) is 0 Å². The predicted molar refractivity (Wildman–Crippen MR) is 147 cm³/mol. The van der Waals surface area contributed by atoms with Crippen LogP contribution in [0.2, 0.25) is 0 Å². The van der Waals surface area contributed by atoms with Crippen LogP contribution in [-0.4, -0.2) is 0 Å². The minimum atomic E-state index is 0. The number of allylic oxidation sites excluding steroid dienone is 12. The first-order valence-electron chi connectivity index (χ1n) is 10.5. The zero-order valence-electron chi connectivity index (χ0n) is 19.2. The molecule has 0 fully saturated rings. The summed E-state index contributed by atoms with van der Waals surface area (Å²) in [5, 5.41) is 2.55. The van der Waals surface area contributed by atoms with E-state index in [1.165, 1.54) is 38.6 Å². The first kappa shape index (κ1) is 26.4. The van der Waals surface area contributed by atoms with Crippen LogP contribution in [0.25, 0.3) is 16.3 Å². The van der Waals surface area contributed by atoms with Crippen molar-refractivity contribution in [2.75, 3.05) is 0 Å². The molecule has 0 spiro atoms. The number of hydrogen-bond acceptors (Lipinski definition) is 0. The molecular weight excluding hydrogens is 384 g/mol. The highest BCUT2D eigenvalue weighted by molar-refractivity contribution is 5.97. The van der Waals surface area contributed by atoms with Gasteiger partial charge in [-0.05, 0) is 84.0 Å². The molecule has 0 aromatic heterocycles. The number of aryl methyl sites for hydroxylation is 1. The van der Waals surface area contributed by atoms with Crippen molar-refractivity contribution in [3.05, 3.63) is 144 Å². The van der Waals surface area contributed by atoms with Crippen molar-refractivity contribution in [1.82, 2.24) is 0 Å². The molecule has 0 unspecified atom stereocenters. The maximum Gasteiger partial charge on any atom is -0.00253 e. The normalized spacial score (nSPS) is 15.4. The first-order chi connectivity index (χ1) is 14.9. The van der Waals surface area contributed by atoms with Crippen LogP contribution >= 0.6 is 0 Å². The molecule has 0 aliphatic heterocycles. The van der Waals surface area contributed by atoms with Crippen molar-refractivity contribution >= 4 is 16.3 Å². The van der Waals surface area contributed by atoms with Gasteiger partial charge in [0.05, 0.1) is 0 Å². The Morgan fingerprint density at radius 3 is 2.19 bits per heavy atom. The Bertz CT molecular complexity index is 1180. The molecule has 1 aliphatic carbocycles. The Morgan fingerprint density at radius 1 is 0.875 bits per heavy atom. The predicted octanol–water partition coefficient (Wildman–Crippen LogP) is 9.65. The van der Waals surface area contributed by atoms with Crippen LogP contribution in [-0.2, 0) is 0 Å². The van der Waals surface area contributed by atoms with Gasteiger partial charge in [0.15, 0.2) is 0 Å². The summed E-state index contributed by atoms with van der Waals surface area (Å²) in [5.41, 5.74) is 11.7. The van der Waals surface area contributed by atoms with Gasteiger partial charge in [0.1, 0.15) is 0 Å². The van der Waals surface area contributed by atoms with E-state index in [1.807, 2.05) is 44.2 Å². The van der Waals surface area contributed by atoms with Gasteiger partial charge >= 0.3 is 0 Å². The molecule has 0 atom stereocenters. The largest absolute Gasteiger partial charge is 0.120 e. The molecule has 32 heavy (non-hydrogen) atoms. The van der Waals surface area contributed by atoms with Crippen LogP contribution < -0.4 is 0 Å². The molecule has 0 saturated heterocycles. The SMILES string of the molecule is C.C=C(C)C.C=C\C=C/C=C/C(C=C)=C1\C=C=C\C1=C(\C)c1c(C)ccc2ccccc12. The Hall–Kier alpha value is -3.60. The molecule has 0 bridgehead atoms. The second kappa shape index (κ2) is 13.0. The topological polar surface area (TPSA) is 0 Å². The van der Waals surface area contributed by atoms with Gasteiger partial charge < -0.3 is 0 Å². The summed E-state index contributed by atoms with van der Waals surface area (Å²) >= 11 is 0. The summed E-state index contributed by atoms with van der Waals surface area (Å²) in [6.07, 6.45) is 15.7. The molecule has 0 radical (unpaired) electrons. The van der Waals surface area contributed by atoms with Gasteiger partial charge in [-0.2, -0.15) is 0 Å². The minimum Gasteiger partial charge on any atom is -0.120 e. The van der Waals surface area contributed by atoms with E-state index in [0.717, 1.165) is 11.1 Å². The van der Waals surface area contributed by atoms with E-state index in [4.69, 9.17) is 0 Å². The van der Waals surface area contributed by atoms with Crippen LogP contribution in [0.5, 0.6) is 0 Å². The molecule has 0 heterocycles. The summed E-state index contributed by atoms with van der Waals surface area (Å²) in [4.78, 5) is 0. The van der Waals surface area contributed by atoms with Crippen molar-refractivity contribution < 1.29 is 0 Å². The van der Waals surface area contributed by atoms with Crippen LogP contribution in [0.4, 0.5) is 0 Å². The highest BCUT2D eigenvalue weighted by atomic mass is 14.2. The summed E-state index contributed by atoms with van der Waals surface area (Å²) in [7, 11) is 0. The maximum absolute atomic E-state index is 4.00. The van der Waals surface area contributed by atoms with E-state index in [9.17, 15) is 0 Å². The van der Waals surface area contributed by atoms with Crippen molar-refractivity contribution in [2.45, 2.75) is 35.1 Å². The number of benzene rings is 2. The van der Waals surface area contributed by atoms with Gasteiger partial charge in [-0.15, -0.1) is 12.3 Å². The van der Waals surface area contributed by atoms with E-state index < -0.39 is 0 Å². The van der Waals surface area contributed by atoms with E-state index in [-0.39, 0.29) is 7.43 Å². The van der Waals surface area contributed by atoms with Gasteiger partial charge in [0.25, 0.3) is 0 Å². The highest BCUT2D eigenvalue weighted by Gasteiger charge is 2.15. The molecule has 1 aliphatic rings. The molecule has 0 saturated carbocycles. The summed E-state index contributed by atoms with van der Waals surface area (Å²) in [6.45, 7) is 19.6. The summed E-state index contributed by atoms with van der Waals surface area (Å²) < 4.78 is 0. The standard InChI is InChI=1S/C27H24.C4H8.CH4/c1-5-7-8-9-13-22(6-2)25-17-12-16-24(25)21(4)27-20(3)18-19-23-14-10-11-15-26(23)27;1-4(2)3;/h5-11,13-19H,1-2H2,3-4H3;1H2,2-3H3;1H4/b8-7-,13-9+,24-21+,25-22+;;. The average Bonchev–Trinajstić information content (AvgIpc) is 3.22. The van der Waals surface area contributed by atoms with Gasteiger partial charge in [-0.1, -0.05) is 99.0 Å². The molecule has 0 N–H and O–H groups in total. The Balaban J connectivity index is 0.000000945. The average molecular weight is 421 g/mol. The lowest BCUT2D eigenvalue weighted by Gasteiger charge is -2.15. The number of hydrogen-bond donors (Lipinski definition) is 0. The zero-order valence-corrected chi connectivity index (χ0v) is 19.2. The monoisotopic (exact) mass is 420 g/mol. The van der Waals surface area contributed by atoms with Crippen molar-refractivity contribution in [3.8, 4) is 0 Å². The quantitative estimate of drug-likeness (QED) is 0.256. The van der Waals surface area contributed by atoms with Crippen molar-refractivity contribution in [2.24, 2.45) is 0 Å². The third kappa shape index (κ3) is 6.71. The van der Waals surface area contributed by atoms with Crippen LogP contribution in [0, 0.1) is 6.92 Å². The molecule has 2 aromatic carbocycles. The fraction of sp³-hybridized carbons (Fsp3) is 0.156. The zero-order chi connectivity index (χ0) is 22.8. The fourth-order valence-corrected chi connectivity index (χ4v) is 3.50. The summed E-state index contributed by atoms with van der Waals surface area (Å²) in [6, 6.07) is 12.9. The van der Waals surface area contributed by atoms with Gasteiger partial charge in [0, 0.05) is 0 Å². The third-order valence-corrected chi connectivity index (χ3v) is 4.83. The highest BCUT2D eigenvalue weighted by Crippen LogP contribution is 2.35. The van der Waals surface area contributed by atoms with Crippen molar-refractivity contribution in [1.29, 1.82) is 0 Å². The Labute approximate surface area is 195 Å². The maximum atomic E-state index is 4.00. The Morgan fingerprint density at radius 2 is 1.53 bits per heavy atom. The molecule has 0 amide bonds. The second-order valence-corrected chi connectivity index (χ2v) is 7.73. The first-order valence-corrected chi connectivity index (χ1v) is 10.5. The van der Waals surface area contributed by atoms with E-state index in [0.29, 0.717) is 0 Å². The van der Waals surface area contributed by atoms with Crippen LogP contribution in [0.3, 0.4) is 0 Å². The summed E-state index contributed by atoms with van der Waals surface area (Å²) in [5.74, 6) is 0. The lowest BCUT2D eigenvalue weighted by Crippen LogP contribution is -1.94. The fourth-order valence-electron chi connectivity index (χ4n) is 3.50. The minimum absolute atomic E-state index is 0. The van der Waals surface area contributed by atoms with Gasteiger partial charge in [-0.3, -0.25) is 0 Å². The second-order valence-electron chi connectivity index (χ2n) is 7.73. The van der Waals surface area contributed by atoms with Crippen LogP contribution in [0.1, 0.15) is 39.3 Å². The van der Waals surface area contributed by atoms with Gasteiger partial charge in [0.2, 0.25) is 0 Å². The van der Waals surface area contributed by atoms with Crippen molar-refractivity contribution in [3.63, 3.8) is 0 Å². The molecule has 0 heteroatoms. The van der Waals surface area contributed by atoms with E-state index in [2.05, 4.69) is 87.9 Å². The number of rotatable bonds is 5. The molecule has 0 nitrogen and oxygen atoms in total. The molecular formula is C32H36. The van der Waals surface area contributed by atoms with E-state index in [1.54, 1.807) is 6.08 Å². The molecule has 164 valence electrons. The lowest BCUT2D eigenvalue weighted by atomic mass is 9.89. The molecule has 2 aromatic rings. The lowest BCUT2D eigenvalue weighted by molar-refractivity contribution is 1.41. The third-order valence-electron chi connectivity index (χ3n) is 4.83.